The fourth-order valence-electron chi connectivity index (χ4n) is 3.90. The Morgan fingerprint density at radius 1 is 1.20 bits per heavy atom. The van der Waals surface area contributed by atoms with Gasteiger partial charge in [0.25, 0.3) is 0 Å². The van der Waals surface area contributed by atoms with Crippen molar-refractivity contribution in [3.05, 3.63) is 53.9 Å². The molecule has 0 unspecified atom stereocenters. The second-order valence-corrected chi connectivity index (χ2v) is 9.23. The van der Waals surface area contributed by atoms with E-state index < -0.39 is 0 Å². The van der Waals surface area contributed by atoms with E-state index in [0.717, 1.165) is 35.5 Å². The van der Waals surface area contributed by atoms with E-state index in [1.807, 2.05) is 23.6 Å². The van der Waals surface area contributed by atoms with Gasteiger partial charge in [-0.25, -0.2) is 0 Å². The van der Waals surface area contributed by atoms with Crippen molar-refractivity contribution in [3.8, 4) is 17.1 Å². The molecule has 2 aromatic heterocycles. The second-order valence-electron chi connectivity index (χ2n) is 7.92. The zero-order chi connectivity index (χ0) is 21.1. The van der Waals surface area contributed by atoms with Gasteiger partial charge >= 0.3 is 0 Å². The van der Waals surface area contributed by atoms with Crippen molar-refractivity contribution in [3.63, 3.8) is 0 Å². The number of benzene rings is 1. The Hall–Kier alpha value is -2.67. The fraction of sp³-hybridized carbons (Fsp3) is 0.391. The van der Waals surface area contributed by atoms with E-state index in [0.29, 0.717) is 11.2 Å². The zero-order valence-corrected chi connectivity index (χ0v) is 18.4. The molecule has 0 aliphatic heterocycles. The molecule has 1 aliphatic carbocycles. The Bertz CT molecular complexity index is 1030. The van der Waals surface area contributed by atoms with Crippen molar-refractivity contribution in [2.45, 2.75) is 62.9 Å². The van der Waals surface area contributed by atoms with Crippen LogP contribution in [-0.2, 0) is 4.79 Å². The van der Waals surface area contributed by atoms with Crippen molar-refractivity contribution in [1.29, 1.82) is 0 Å². The predicted molar refractivity (Wildman–Crippen MR) is 120 cm³/mol. The summed E-state index contributed by atoms with van der Waals surface area (Å²) in [6, 6.07) is 10.5. The first-order chi connectivity index (χ1) is 14.5. The lowest BCUT2D eigenvalue weighted by atomic mass is 10.1. The van der Waals surface area contributed by atoms with Gasteiger partial charge in [0, 0.05) is 24.0 Å². The topological polar surface area (TPSA) is 72.7 Å². The van der Waals surface area contributed by atoms with Crippen LogP contribution in [0.1, 0.15) is 43.7 Å². The van der Waals surface area contributed by atoms with E-state index >= 15 is 0 Å². The van der Waals surface area contributed by atoms with Crippen molar-refractivity contribution >= 4 is 17.7 Å². The third-order valence-electron chi connectivity index (χ3n) is 5.50. The maximum atomic E-state index is 12.7. The number of aryl methyl sites for hydroxylation is 2. The van der Waals surface area contributed by atoms with Gasteiger partial charge < -0.3 is 5.32 Å². The van der Waals surface area contributed by atoms with Gasteiger partial charge in [0.2, 0.25) is 5.91 Å². The highest BCUT2D eigenvalue weighted by atomic mass is 32.2. The molecule has 4 rings (SSSR count). The minimum Gasteiger partial charge on any atom is -0.352 e. The molecule has 0 bridgehead atoms. The van der Waals surface area contributed by atoms with Gasteiger partial charge in [-0.05, 0) is 57.4 Å². The lowest BCUT2D eigenvalue weighted by molar-refractivity contribution is -0.120. The molecule has 1 fully saturated rings. The number of hydrogen-bond acceptors (Lipinski definition) is 5. The van der Waals surface area contributed by atoms with Crippen LogP contribution < -0.4 is 5.32 Å². The number of nitrogens with zero attached hydrogens (tertiary/aromatic N) is 4. The van der Waals surface area contributed by atoms with Crippen LogP contribution in [0.3, 0.4) is 0 Å². The Labute approximate surface area is 181 Å². The van der Waals surface area contributed by atoms with E-state index in [4.69, 9.17) is 0 Å². The molecule has 1 amide bonds. The van der Waals surface area contributed by atoms with Gasteiger partial charge in [-0.3, -0.25) is 14.3 Å². The van der Waals surface area contributed by atoms with E-state index in [1.54, 1.807) is 12.4 Å². The van der Waals surface area contributed by atoms with Crippen molar-refractivity contribution < 1.29 is 4.79 Å². The monoisotopic (exact) mass is 421 g/mol. The number of nitrogens with one attached hydrogen (secondary N) is 1. The lowest BCUT2D eigenvalue weighted by Gasteiger charge is -2.17. The third-order valence-corrected chi connectivity index (χ3v) is 6.54. The van der Waals surface area contributed by atoms with Crippen LogP contribution in [0.15, 0.2) is 47.9 Å². The zero-order valence-electron chi connectivity index (χ0n) is 17.6. The highest BCUT2D eigenvalue weighted by molar-refractivity contribution is 8.00. The fourth-order valence-corrected chi connectivity index (χ4v) is 4.77. The maximum Gasteiger partial charge on any atom is 0.233 e. The molecule has 30 heavy (non-hydrogen) atoms. The number of carbonyl (C=O) groups is 1. The van der Waals surface area contributed by atoms with Gasteiger partial charge in [0.15, 0.2) is 11.0 Å². The first kappa shape index (κ1) is 20.6. The predicted octanol–water partition coefficient (Wildman–Crippen LogP) is 4.49. The average Bonchev–Trinajstić information content (AvgIpc) is 3.39. The van der Waals surface area contributed by atoms with Gasteiger partial charge in [-0.2, -0.15) is 0 Å². The van der Waals surface area contributed by atoms with Gasteiger partial charge in [0.05, 0.1) is 10.9 Å². The Kier molecular flexibility index (Phi) is 6.18. The van der Waals surface area contributed by atoms with Gasteiger partial charge in [-0.1, -0.05) is 42.3 Å². The molecule has 7 heteroatoms. The van der Waals surface area contributed by atoms with E-state index in [9.17, 15) is 4.79 Å². The lowest BCUT2D eigenvalue weighted by Crippen LogP contribution is -2.37. The molecule has 0 radical (unpaired) electrons. The highest BCUT2D eigenvalue weighted by Crippen LogP contribution is 2.31. The summed E-state index contributed by atoms with van der Waals surface area (Å²) in [6.45, 7) is 6.09. The third kappa shape index (κ3) is 4.41. The second kappa shape index (κ2) is 9.00. The molecule has 6 nitrogen and oxygen atoms in total. The van der Waals surface area contributed by atoms with Crippen molar-refractivity contribution in [2.24, 2.45) is 0 Å². The van der Waals surface area contributed by atoms with Gasteiger partial charge in [0.1, 0.15) is 0 Å². The molecule has 0 spiro atoms. The Morgan fingerprint density at radius 3 is 2.70 bits per heavy atom. The van der Waals surface area contributed by atoms with Crippen molar-refractivity contribution in [2.75, 3.05) is 0 Å². The molecule has 156 valence electrons. The van der Waals surface area contributed by atoms with Crippen LogP contribution in [0.5, 0.6) is 0 Å². The molecule has 1 N–H and O–H groups in total. The molecule has 3 aromatic rings. The molecular weight excluding hydrogens is 394 g/mol. The standard InChI is InChI=1S/C23H27N5OS/c1-15-10-11-20(16(2)13-15)28-21(18-7-6-12-24-14-18)26-27-23(28)30-17(3)22(29)25-19-8-4-5-9-19/h6-7,10-14,17,19H,4-5,8-9H2,1-3H3,(H,25,29)/t17-/m0/s1. The summed E-state index contributed by atoms with van der Waals surface area (Å²) in [5.74, 6) is 0.783. The minimum atomic E-state index is -0.263. The SMILES string of the molecule is Cc1ccc(-n2c(S[C@@H](C)C(=O)NC3CCCC3)nnc2-c2cccnc2)c(C)c1. The first-order valence-electron chi connectivity index (χ1n) is 10.4. The summed E-state index contributed by atoms with van der Waals surface area (Å²) in [5, 5.41) is 12.5. The number of rotatable bonds is 6. The molecular formula is C23H27N5OS. The molecule has 1 atom stereocenters. The number of carbonyl (C=O) groups excluding carboxylic acids is 1. The molecule has 2 heterocycles. The van der Waals surface area contributed by atoms with Gasteiger partial charge in [-0.15, -0.1) is 10.2 Å². The number of amides is 1. The van der Waals surface area contributed by atoms with E-state index in [1.165, 1.54) is 30.2 Å². The summed E-state index contributed by atoms with van der Waals surface area (Å²) in [6.07, 6.45) is 8.07. The number of pyridine rings is 1. The summed E-state index contributed by atoms with van der Waals surface area (Å²) >= 11 is 1.44. The number of thioether (sulfide) groups is 1. The highest BCUT2D eigenvalue weighted by Gasteiger charge is 2.25. The molecule has 1 aliphatic rings. The summed E-state index contributed by atoms with van der Waals surface area (Å²) in [5.41, 5.74) is 4.23. The largest absolute Gasteiger partial charge is 0.352 e. The van der Waals surface area contributed by atoms with Crippen molar-refractivity contribution in [1.82, 2.24) is 25.1 Å². The van der Waals surface area contributed by atoms with Crippen LogP contribution in [0.4, 0.5) is 0 Å². The first-order valence-corrected chi connectivity index (χ1v) is 11.3. The summed E-state index contributed by atoms with van der Waals surface area (Å²) in [7, 11) is 0. The number of hydrogen-bond donors (Lipinski definition) is 1. The van der Waals surface area contributed by atoms with Crippen LogP contribution in [0.25, 0.3) is 17.1 Å². The molecule has 1 aromatic carbocycles. The normalized spacial score (nSPS) is 15.3. The minimum absolute atomic E-state index is 0.0602. The Morgan fingerprint density at radius 2 is 2.00 bits per heavy atom. The van der Waals surface area contributed by atoms with Crippen LogP contribution in [-0.4, -0.2) is 36.9 Å². The molecule has 0 saturated heterocycles. The smallest absolute Gasteiger partial charge is 0.233 e. The van der Waals surface area contributed by atoms with E-state index in [2.05, 4.69) is 52.5 Å². The summed E-state index contributed by atoms with van der Waals surface area (Å²) in [4.78, 5) is 17.0. The summed E-state index contributed by atoms with van der Waals surface area (Å²) < 4.78 is 2.04. The Balaban J connectivity index is 1.67. The number of aromatic nitrogens is 4. The maximum absolute atomic E-state index is 12.7. The van der Waals surface area contributed by atoms with Crippen LogP contribution in [0.2, 0.25) is 0 Å². The quantitative estimate of drug-likeness (QED) is 0.594. The van der Waals surface area contributed by atoms with E-state index in [-0.39, 0.29) is 11.2 Å². The van der Waals surface area contributed by atoms with Crippen LogP contribution >= 0.6 is 11.8 Å². The van der Waals surface area contributed by atoms with Crippen LogP contribution in [0, 0.1) is 13.8 Å². The average molecular weight is 422 g/mol. The molecule has 1 saturated carbocycles.